The number of aryl methyl sites for hydroxylation is 1. The number of hydrogen-bond acceptors (Lipinski definition) is 6. The van der Waals surface area contributed by atoms with Gasteiger partial charge in [-0.15, -0.1) is 10.2 Å². The monoisotopic (exact) mass is 393 g/mol. The largest absolute Gasteiger partial charge is 0.493 e. The molecule has 1 amide bonds. The number of aromatic nitrogens is 4. The van der Waals surface area contributed by atoms with Crippen molar-refractivity contribution in [2.75, 3.05) is 14.2 Å². The van der Waals surface area contributed by atoms with E-state index in [1.54, 1.807) is 26.4 Å². The van der Waals surface area contributed by atoms with E-state index >= 15 is 0 Å². The third-order valence-corrected chi connectivity index (χ3v) is 5.08. The van der Waals surface area contributed by atoms with E-state index in [-0.39, 0.29) is 18.5 Å². The molecule has 0 radical (unpaired) electrons. The van der Waals surface area contributed by atoms with Crippen LogP contribution in [-0.4, -0.2) is 40.3 Å². The average molecular weight is 393 g/mol. The van der Waals surface area contributed by atoms with Crippen molar-refractivity contribution in [1.29, 1.82) is 0 Å². The normalized spacial score (nSPS) is 15.4. The van der Waals surface area contributed by atoms with Crippen molar-refractivity contribution in [2.24, 2.45) is 0 Å². The summed E-state index contributed by atoms with van der Waals surface area (Å²) in [6.45, 7) is 0.0129. The number of benzene rings is 2. The molecule has 4 rings (SSSR count). The number of carbonyl (C=O) groups excluding carboxylic acids is 1. The Hall–Kier alpha value is -3.42. The number of fused-ring (bicyclic) bond motifs is 1. The predicted molar refractivity (Wildman–Crippen MR) is 107 cm³/mol. The van der Waals surface area contributed by atoms with Gasteiger partial charge in [0.2, 0.25) is 11.7 Å². The van der Waals surface area contributed by atoms with E-state index in [9.17, 15) is 4.79 Å². The zero-order chi connectivity index (χ0) is 20.2. The summed E-state index contributed by atoms with van der Waals surface area (Å²) in [6.07, 6.45) is 3.05. The summed E-state index contributed by atoms with van der Waals surface area (Å²) < 4.78 is 10.6. The fourth-order valence-corrected chi connectivity index (χ4v) is 3.67. The van der Waals surface area contributed by atoms with Crippen LogP contribution < -0.4 is 14.8 Å². The molecular weight excluding hydrogens is 370 g/mol. The summed E-state index contributed by atoms with van der Waals surface area (Å²) in [5.74, 6) is 1.48. The number of hydrogen-bond donors (Lipinski definition) is 1. The minimum atomic E-state index is -0.136. The third-order valence-electron chi connectivity index (χ3n) is 5.08. The lowest BCUT2D eigenvalue weighted by atomic mass is 9.88. The number of ether oxygens (including phenoxy) is 2. The van der Waals surface area contributed by atoms with Crippen molar-refractivity contribution in [3.63, 3.8) is 0 Å². The fraction of sp³-hybridized carbons (Fsp3) is 0.333. The average Bonchev–Trinajstić information content (AvgIpc) is 3.21. The highest BCUT2D eigenvalue weighted by Gasteiger charge is 2.22. The highest BCUT2D eigenvalue weighted by molar-refractivity contribution is 5.76. The molecule has 1 aliphatic rings. The zero-order valence-corrected chi connectivity index (χ0v) is 16.5. The summed E-state index contributed by atoms with van der Waals surface area (Å²) >= 11 is 0. The van der Waals surface area contributed by atoms with E-state index in [4.69, 9.17) is 9.47 Å². The molecule has 0 fully saturated rings. The van der Waals surface area contributed by atoms with Crippen LogP contribution in [0.2, 0.25) is 0 Å². The number of nitrogens with one attached hydrogen (secondary N) is 1. The van der Waals surface area contributed by atoms with Crippen LogP contribution in [0.4, 0.5) is 0 Å². The lowest BCUT2D eigenvalue weighted by Gasteiger charge is -2.26. The lowest BCUT2D eigenvalue weighted by Crippen LogP contribution is -2.34. The van der Waals surface area contributed by atoms with Gasteiger partial charge in [0, 0.05) is 5.56 Å². The molecule has 8 heteroatoms. The molecule has 8 nitrogen and oxygen atoms in total. The lowest BCUT2D eigenvalue weighted by molar-refractivity contribution is -0.122. The minimum absolute atomic E-state index is 0.0129. The molecule has 0 aliphatic heterocycles. The second-order valence-electron chi connectivity index (χ2n) is 6.92. The highest BCUT2D eigenvalue weighted by Crippen LogP contribution is 2.31. The van der Waals surface area contributed by atoms with Crippen molar-refractivity contribution in [2.45, 2.75) is 31.8 Å². The van der Waals surface area contributed by atoms with Crippen molar-refractivity contribution < 1.29 is 14.3 Å². The van der Waals surface area contributed by atoms with Crippen molar-refractivity contribution in [3.8, 4) is 22.9 Å². The molecule has 1 heterocycles. The summed E-state index contributed by atoms with van der Waals surface area (Å²) in [6, 6.07) is 13.7. The van der Waals surface area contributed by atoms with Gasteiger partial charge in [0.15, 0.2) is 11.5 Å². The number of rotatable bonds is 6. The number of methoxy groups -OCH3 is 2. The maximum Gasteiger partial charge on any atom is 0.244 e. The molecule has 0 bridgehead atoms. The van der Waals surface area contributed by atoms with Crippen LogP contribution in [0.25, 0.3) is 11.4 Å². The number of tetrazole rings is 1. The Labute approximate surface area is 168 Å². The van der Waals surface area contributed by atoms with Gasteiger partial charge in [-0.3, -0.25) is 4.79 Å². The minimum Gasteiger partial charge on any atom is -0.493 e. The molecule has 1 aliphatic carbocycles. The summed E-state index contributed by atoms with van der Waals surface area (Å²) in [7, 11) is 3.15. The Bertz CT molecular complexity index is 1020. The van der Waals surface area contributed by atoms with Gasteiger partial charge < -0.3 is 14.8 Å². The van der Waals surface area contributed by atoms with Crippen molar-refractivity contribution in [3.05, 3.63) is 53.6 Å². The Kier molecular flexibility index (Phi) is 5.41. The molecule has 0 unspecified atom stereocenters. The Morgan fingerprint density at radius 3 is 2.83 bits per heavy atom. The van der Waals surface area contributed by atoms with Gasteiger partial charge in [0.25, 0.3) is 0 Å². The van der Waals surface area contributed by atoms with Crippen LogP contribution in [0.3, 0.4) is 0 Å². The van der Waals surface area contributed by atoms with E-state index in [0.29, 0.717) is 17.3 Å². The maximum absolute atomic E-state index is 12.5. The molecule has 29 heavy (non-hydrogen) atoms. The number of nitrogens with zero attached hydrogens (tertiary/aromatic N) is 4. The van der Waals surface area contributed by atoms with Crippen LogP contribution in [0.1, 0.15) is 30.0 Å². The molecule has 1 N–H and O–H groups in total. The van der Waals surface area contributed by atoms with Crippen LogP contribution in [0, 0.1) is 0 Å². The first-order valence-electron chi connectivity index (χ1n) is 9.55. The zero-order valence-electron chi connectivity index (χ0n) is 16.5. The standard InChI is InChI=1S/C21H23N5O3/c1-28-18-11-10-15(12-19(18)29-2)21-23-25-26(24-21)13-20(27)22-17-9-5-7-14-6-3-4-8-16(14)17/h3-4,6,8,10-12,17H,5,7,9,13H2,1-2H3,(H,22,27)/t17-/m0/s1. The summed E-state index contributed by atoms with van der Waals surface area (Å²) in [5.41, 5.74) is 3.24. The molecule has 150 valence electrons. The Balaban J connectivity index is 1.44. The molecule has 0 saturated heterocycles. The van der Waals surface area contributed by atoms with Gasteiger partial charge in [-0.25, -0.2) is 0 Å². The van der Waals surface area contributed by atoms with E-state index in [2.05, 4.69) is 32.9 Å². The molecule has 1 atom stereocenters. The smallest absolute Gasteiger partial charge is 0.244 e. The van der Waals surface area contributed by atoms with Crippen molar-refractivity contribution in [1.82, 2.24) is 25.5 Å². The Morgan fingerprint density at radius 2 is 2.00 bits per heavy atom. The quantitative estimate of drug-likeness (QED) is 0.692. The van der Waals surface area contributed by atoms with Gasteiger partial charge in [-0.1, -0.05) is 24.3 Å². The molecule has 0 saturated carbocycles. The topological polar surface area (TPSA) is 91.2 Å². The number of carbonyl (C=O) groups is 1. The van der Waals surface area contributed by atoms with Crippen LogP contribution >= 0.6 is 0 Å². The van der Waals surface area contributed by atoms with Crippen LogP contribution in [0.5, 0.6) is 11.5 Å². The predicted octanol–water partition coefficient (Wildman–Crippen LogP) is 2.55. The van der Waals surface area contributed by atoms with Gasteiger partial charge in [0.05, 0.1) is 20.3 Å². The molecule has 3 aromatic rings. The third kappa shape index (κ3) is 4.06. The SMILES string of the molecule is COc1ccc(-c2nnn(CC(=O)N[C@H]3CCCc4ccccc43)n2)cc1OC. The van der Waals surface area contributed by atoms with Crippen LogP contribution in [-0.2, 0) is 17.8 Å². The molecule has 0 spiro atoms. The van der Waals surface area contributed by atoms with E-state index in [1.165, 1.54) is 15.9 Å². The first-order valence-corrected chi connectivity index (χ1v) is 9.55. The van der Waals surface area contributed by atoms with Gasteiger partial charge in [-0.2, -0.15) is 4.80 Å². The number of amides is 1. The highest BCUT2D eigenvalue weighted by atomic mass is 16.5. The second kappa shape index (κ2) is 8.30. The van der Waals surface area contributed by atoms with E-state index in [0.717, 1.165) is 24.8 Å². The van der Waals surface area contributed by atoms with Gasteiger partial charge in [0.1, 0.15) is 6.54 Å². The maximum atomic E-state index is 12.5. The molecule has 1 aromatic heterocycles. The van der Waals surface area contributed by atoms with Crippen molar-refractivity contribution >= 4 is 5.91 Å². The van der Waals surface area contributed by atoms with E-state index < -0.39 is 0 Å². The Morgan fingerprint density at radius 1 is 1.17 bits per heavy atom. The van der Waals surface area contributed by atoms with Crippen LogP contribution in [0.15, 0.2) is 42.5 Å². The first-order chi connectivity index (χ1) is 14.2. The molecular formula is C21H23N5O3. The fourth-order valence-electron chi connectivity index (χ4n) is 3.67. The molecule has 2 aromatic carbocycles. The van der Waals surface area contributed by atoms with E-state index in [1.807, 2.05) is 18.2 Å². The first kappa shape index (κ1) is 18.9. The van der Waals surface area contributed by atoms with Gasteiger partial charge >= 0.3 is 0 Å². The van der Waals surface area contributed by atoms with Gasteiger partial charge in [-0.05, 0) is 53.8 Å². The second-order valence-corrected chi connectivity index (χ2v) is 6.92. The summed E-state index contributed by atoms with van der Waals surface area (Å²) in [4.78, 5) is 13.8. The summed E-state index contributed by atoms with van der Waals surface area (Å²) in [5, 5.41) is 15.5.